The third-order valence-corrected chi connectivity index (χ3v) is 5.09. The number of carbonyl (C=O) groups excluding carboxylic acids is 3. The van der Waals surface area contributed by atoms with E-state index >= 15 is 0 Å². The molecule has 0 unspecified atom stereocenters. The predicted molar refractivity (Wildman–Crippen MR) is 103 cm³/mol. The number of hydrogen-bond donors (Lipinski definition) is 0. The zero-order valence-electron chi connectivity index (χ0n) is 15.0. The second-order valence-corrected chi connectivity index (χ2v) is 8.87. The Morgan fingerprint density at radius 3 is 2.50 bits per heavy atom. The fraction of sp³-hybridized carbons (Fsp3) is 0.500. The van der Waals surface area contributed by atoms with Crippen LogP contribution in [0.2, 0.25) is 0 Å². The average Bonchev–Trinajstić information content (AvgIpc) is 2.58. The van der Waals surface area contributed by atoms with Gasteiger partial charge in [-0.1, -0.05) is 28.1 Å². The molecular formula is C18H22BrNO5S. The number of ether oxygens (including phenoxy) is 2. The number of thioether (sulfide) groups is 1. The number of benzene rings is 1. The van der Waals surface area contributed by atoms with Crippen molar-refractivity contribution in [3.05, 3.63) is 34.3 Å². The Labute approximate surface area is 165 Å². The topological polar surface area (TPSA) is 72.9 Å². The van der Waals surface area contributed by atoms with Crippen molar-refractivity contribution in [3.8, 4) is 0 Å². The molecule has 0 spiro atoms. The van der Waals surface area contributed by atoms with Gasteiger partial charge in [-0.25, -0.2) is 9.59 Å². The van der Waals surface area contributed by atoms with Gasteiger partial charge in [0.05, 0.1) is 0 Å². The van der Waals surface area contributed by atoms with Gasteiger partial charge in [-0.3, -0.25) is 9.69 Å². The molecule has 1 aliphatic heterocycles. The Hall–Kier alpha value is -1.54. The lowest BCUT2D eigenvalue weighted by atomic mass is 10.1. The van der Waals surface area contributed by atoms with E-state index in [9.17, 15) is 14.4 Å². The Bertz CT molecular complexity index is 671. The summed E-state index contributed by atoms with van der Waals surface area (Å²) in [6, 6.07) is 6.06. The van der Waals surface area contributed by atoms with Crippen LogP contribution >= 0.6 is 27.7 Å². The van der Waals surface area contributed by atoms with Crippen LogP contribution in [0.5, 0.6) is 0 Å². The van der Waals surface area contributed by atoms with Crippen LogP contribution in [0.3, 0.4) is 0 Å². The molecule has 6 nitrogen and oxygen atoms in total. The lowest BCUT2D eigenvalue weighted by Crippen LogP contribution is -2.52. The van der Waals surface area contributed by atoms with Crippen molar-refractivity contribution in [1.82, 2.24) is 4.90 Å². The zero-order valence-corrected chi connectivity index (χ0v) is 17.4. The van der Waals surface area contributed by atoms with Crippen molar-refractivity contribution in [2.24, 2.45) is 0 Å². The Morgan fingerprint density at radius 1 is 1.23 bits per heavy atom. The molecule has 26 heavy (non-hydrogen) atoms. The molecule has 1 heterocycles. The number of esters is 1. The third kappa shape index (κ3) is 6.02. The van der Waals surface area contributed by atoms with E-state index in [0.29, 0.717) is 17.9 Å². The SMILES string of the molecule is CC(C)(C)OC(=O)N1CCSC[C@H]1C(=O)OCC(=O)c1ccc(Br)cc1. The Morgan fingerprint density at radius 2 is 1.88 bits per heavy atom. The van der Waals surface area contributed by atoms with E-state index in [0.717, 1.165) is 10.2 Å². The molecule has 0 N–H and O–H groups in total. The van der Waals surface area contributed by atoms with Crippen LogP contribution in [-0.4, -0.2) is 59.0 Å². The van der Waals surface area contributed by atoms with Crippen LogP contribution in [-0.2, 0) is 14.3 Å². The molecule has 1 atom stereocenters. The monoisotopic (exact) mass is 443 g/mol. The molecule has 142 valence electrons. The largest absolute Gasteiger partial charge is 0.456 e. The number of rotatable bonds is 4. The van der Waals surface area contributed by atoms with E-state index in [2.05, 4.69) is 15.9 Å². The van der Waals surface area contributed by atoms with Crippen molar-refractivity contribution >= 4 is 45.5 Å². The second-order valence-electron chi connectivity index (χ2n) is 6.80. The standard InChI is InChI=1S/C18H22BrNO5S/c1-18(2,3)25-17(23)20-8-9-26-11-14(20)16(22)24-10-15(21)12-4-6-13(19)7-5-12/h4-7,14H,8-11H2,1-3H3/t14-/m0/s1. The summed E-state index contributed by atoms with van der Waals surface area (Å²) < 4.78 is 11.4. The van der Waals surface area contributed by atoms with Gasteiger partial charge in [0.1, 0.15) is 11.6 Å². The lowest BCUT2D eigenvalue weighted by molar-refractivity contribution is -0.147. The summed E-state index contributed by atoms with van der Waals surface area (Å²) in [5, 5.41) is 0. The van der Waals surface area contributed by atoms with Crippen LogP contribution in [0.25, 0.3) is 0 Å². The number of hydrogen-bond acceptors (Lipinski definition) is 6. The fourth-order valence-electron chi connectivity index (χ4n) is 2.29. The summed E-state index contributed by atoms with van der Waals surface area (Å²) in [5.74, 6) is 0.262. The molecule has 1 aromatic carbocycles. The summed E-state index contributed by atoms with van der Waals surface area (Å²) >= 11 is 4.86. The summed E-state index contributed by atoms with van der Waals surface area (Å²) in [7, 11) is 0. The van der Waals surface area contributed by atoms with Gasteiger partial charge in [-0.2, -0.15) is 11.8 Å². The zero-order chi connectivity index (χ0) is 19.3. The maximum atomic E-state index is 12.4. The summed E-state index contributed by atoms with van der Waals surface area (Å²) in [5.41, 5.74) is -0.184. The van der Waals surface area contributed by atoms with E-state index in [1.165, 1.54) is 4.90 Å². The minimum Gasteiger partial charge on any atom is -0.456 e. The van der Waals surface area contributed by atoms with Gasteiger partial charge in [-0.05, 0) is 32.9 Å². The van der Waals surface area contributed by atoms with Gasteiger partial charge in [-0.15, -0.1) is 0 Å². The van der Waals surface area contributed by atoms with Crippen molar-refractivity contribution in [3.63, 3.8) is 0 Å². The molecular weight excluding hydrogens is 422 g/mol. The molecule has 8 heteroatoms. The second kappa shape index (κ2) is 8.90. The molecule has 2 rings (SSSR count). The highest BCUT2D eigenvalue weighted by molar-refractivity contribution is 9.10. The van der Waals surface area contributed by atoms with Gasteiger partial charge < -0.3 is 9.47 Å². The average molecular weight is 444 g/mol. The third-order valence-electron chi connectivity index (χ3n) is 3.54. The predicted octanol–water partition coefficient (Wildman–Crippen LogP) is 3.53. The molecule has 1 aliphatic rings. The van der Waals surface area contributed by atoms with Gasteiger partial charge >= 0.3 is 12.1 Å². The number of nitrogens with zero attached hydrogens (tertiary/aromatic N) is 1. The first-order valence-corrected chi connectivity index (χ1v) is 10.1. The van der Waals surface area contributed by atoms with Gasteiger partial charge in [0.2, 0.25) is 0 Å². The molecule has 0 aliphatic carbocycles. The van der Waals surface area contributed by atoms with Gasteiger partial charge in [0, 0.05) is 28.1 Å². The van der Waals surface area contributed by atoms with E-state index in [-0.39, 0.29) is 12.4 Å². The fourth-order valence-corrected chi connectivity index (χ4v) is 3.59. The van der Waals surface area contributed by atoms with Crippen molar-refractivity contribution < 1.29 is 23.9 Å². The summed E-state index contributed by atoms with van der Waals surface area (Å²) in [6.45, 7) is 5.36. The highest BCUT2D eigenvalue weighted by atomic mass is 79.9. The molecule has 0 bridgehead atoms. The van der Waals surface area contributed by atoms with Crippen molar-refractivity contribution in [2.75, 3.05) is 24.7 Å². The minimum absolute atomic E-state index is 0.293. The van der Waals surface area contributed by atoms with Crippen molar-refractivity contribution in [1.29, 1.82) is 0 Å². The number of ketones is 1. The van der Waals surface area contributed by atoms with E-state index in [1.54, 1.807) is 56.8 Å². The maximum Gasteiger partial charge on any atom is 0.411 e. The van der Waals surface area contributed by atoms with Crippen LogP contribution in [0.15, 0.2) is 28.7 Å². The summed E-state index contributed by atoms with van der Waals surface area (Å²) in [6.07, 6.45) is -0.543. The first-order chi connectivity index (χ1) is 12.2. The van der Waals surface area contributed by atoms with Crippen molar-refractivity contribution in [2.45, 2.75) is 32.4 Å². The molecule has 1 saturated heterocycles. The van der Waals surface area contributed by atoms with Gasteiger partial charge in [0.15, 0.2) is 12.4 Å². The highest BCUT2D eigenvalue weighted by Gasteiger charge is 2.36. The molecule has 1 aromatic rings. The first-order valence-electron chi connectivity index (χ1n) is 8.20. The van der Waals surface area contributed by atoms with Crippen LogP contribution in [0, 0.1) is 0 Å². The lowest BCUT2D eigenvalue weighted by Gasteiger charge is -2.34. The van der Waals surface area contributed by atoms with E-state index in [1.807, 2.05) is 0 Å². The Balaban J connectivity index is 1.96. The number of carbonyl (C=O) groups is 3. The Kier molecular flexibility index (Phi) is 7.11. The van der Waals surface area contributed by atoms with Gasteiger partial charge in [0.25, 0.3) is 0 Å². The van der Waals surface area contributed by atoms with E-state index < -0.39 is 23.7 Å². The minimum atomic E-state index is -0.749. The van der Waals surface area contributed by atoms with Crippen LogP contribution in [0.1, 0.15) is 31.1 Å². The van der Waals surface area contributed by atoms with Crippen LogP contribution in [0.4, 0.5) is 4.79 Å². The summed E-state index contributed by atoms with van der Waals surface area (Å²) in [4.78, 5) is 38.3. The number of Topliss-reactive ketones (excluding diaryl/α,β-unsaturated/α-hetero) is 1. The quantitative estimate of drug-likeness (QED) is 0.523. The molecule has 0 radical (unpaired) electrons. The normalized spacial score (nSPS) is 17.5. The molecule has 0 aromatic heterocycles. The number of halogens is 1. The number of amides is 1. The molecule has 1 fully saturated rings. The first kappa shape index (κ1) is 20.8. The maximum absolute atomic E-state index is 12.4. The smallest absolute Gasteiger partial charge is 0.411 e. The van der Waals surface area contributed by atoms with Crippen LogP contribution < -0.4 is 0 Å². The van der Waals surface area contributed by atoms with E-state index in [4.69, 9.17) is 9.47 Å². The highest BCUT2D eigenvalue weighted by Crippen LogP contribution is 2.21. The molecule has 1 amide bonds. The molecule has 0 saturated carbocycles.